The molecule has 0 unspecified atom stereocenters. The van der Waals surface area contributed by atoms with E-state index in [0.717, 1.165) is 12.6 Å². The second kappa shape index (κ2) is 3.37. The highest BCUT2D eigenvalue weighted by atomic mass is 79.9. The monoisotopic (exact) mass is 259 g/mol. The van der Waals surface area contributed by atoms with Crippen LogP contribution < -0.4 is 5.32 Å². The smallest absolute Gasteiger partial charge is 0.0701 e. The first-order valence-electron chi connectivity index (χ1n) is 4.55. The maximum atomic E-state index is 3.57. The SMILES string of the molecule is CC1(C)C[C@H]1NCc1ccc(Br)s1. The lowest BCUT2D eigenvalue weighted by molar-refractivity contribution is 0.544. The summed E-state index contributed by atoms with van der Waals surface area (Å²) in [6, 6.07) is 5.02. The number of hydrogen-bond acceptors (Lipinski definition) is 2. The summed E-state index contributed by atoms with van der Waals surface area (Å²) in [6.45, 7) is 5.65. The van der Waals surface area contributed by atoms with Crippen LogP contribution >= 0.6 is 27.3 Å². The molecule has 1 fully saturated rings. The Morgan fingerprint density at radius 1 is 1.62 bits per heavy atom. The predicted molar refractivity (Wildman–Crippen MR) is 61.0 cm³/mol. The Kier molecular flexibility index (Phi) is 2.51. The number of rotatable bonds is 3. The molecule has 1 atom stereocenters. The van der Waals surface area contributed by atoms with E-state index < -0.39 is 0 Å². The highest BCUT2D eigenvalue weighted by Crippen LogP contribution is 2.44. The molecule has 0 aromatic carbocycles. The van der Waals surface area contributed by atoms with Crippen LogP contribution in [0.3, 0.4) is 0 Å². The lowest BCUT2D eigenvalue weighted by Crippen LogP contribution is -2.19. The molecule has 1 nitrogen and oxygen atoms in total. The molecule has 1 N–H and O–H groups in total. The molecular formula is C10H14BrNS. The lowest BCUT2D eigenvalue weighted by atomic mass is 10.2. The van der Waals surface area contributed by atoms with Crippen LogP contribution in [0.2, 0.25) is 0 Å². The Morgan fingerprint density at radius 3 is 2.77 bits per heavy atom. The van der Waals surface area contributed by atoms with Crippen molar-refractivity contribution in [3.8, 4) is 0 Å². The molecule has 1 heterocycles. The first kappa shape index (κ1) is 9.69. The zero-order chi connectivity index (χ0) is 9.47. The molecule has 72 valence electrons. The van der Waals surface area contributed by atoms with Gasteiger partial charge in [-0.1, -0.05) is 13.8 Å². The molecule has 0 saturated heterocycles. The molecule has 0 aliphatic heterocycles. The Bertz CT molecular complexity index is 306. The van der Waals surface area contributed by atoms with Gasteiger partial charge in [-0.25, -0.2) is 0 Å². The van der Waals surface area contributed by atoms with Crippen molar-refractivity contribution in [3.05, 3.63) is 20.8 Å². The summed E-state index contributed by atoms with van der Waals surface area (Å²) in [4.78, 5) is 1.41. The molecule has 0 spiro atoms. The zero-order valence-corrected chi connectivity index (χ0v) is 10.3. The summed E-state index contributed by atoms with van der Waals surface area (Å²) in [6.07, 6.45) is 1.32. The van der Waals surface area contributed by atoms with Gasteiger partial charge in [0, 0.05) is 17.5 Å². The highest BCUT2D eigenvalue weighted by Gasteiger charge is 2.44. The minimum Gasteiger partial charge on any atom is -0.309 e. The fourth-order valence-corrected chi connectivity index (χ4v) is 2.92. The van der Waals surface area contributed by atoms with Crippen LogP contribution in [0.1, 0.15) is 25.1 Å². The molecule has 1 aromatic heterocycles. The van der Waals surface area contributed by atoms with Crippen LogP contribution in [0.15, 0.2) is 15.9 Å². The standard InChI is InChI=1S/C10H14BrNS/c1-10(2)5-8(10)12-6-7-3-4-9(11)13-7/h3-4,8,12H,5-6H2,1-2H3/t8-/m1/s1. The van der Waals surface area contributed by atoms with Gasteiger partial charge in [0.05, 0.1) is 3.79 Å². The van der Waals surface area contributed by atoms with Gasteiger partial charge >= 0.3 is 0 Å². The summed E-state index contributed by atoms with van der Waals surface area (Å²) in [5, 5.41) is 3.57. The topological polar surface area (TPSA) is 12.0 Å². The zero-order valence-electron chi connectivity index (χ0n) is 7.93. The average molecular weight is 260 g/mol. The van der Waals surface area contributed by atoms with Gasteiger partial charge in [-0.3, -0.25) is 0 Å². The predicted octanol–water partition coefficient (Wildman–Crippen LogP) is 3.40. The molecule has 0 amide bonds. The average Bonchev–Trinajstić information content (AvgIpc) is 2.45. The third-order valence-corrected chi connectivity index (χ3v) is 4.29. The van der Waals surface area contributed by atoms with Crippen LogP contribution in [0, 0.1) is 5.41 Å². The lowest BCUT2D eigenvalue weighted by Gasteiger charge is -2.04. The summed E-state index contributed by atoms with van der Waals surface area (Å²) >= 11 is 5.28. The molecule has 0 radical (unpaired) electrons. The molecule has 1 saturated carbocycles. The van der Waals surface area contributed by atoms with Crippen molar-refractivity contribution >= 4 is 27.3 Å². The molecule has 1 aliphatic rings. The first-order chi connectivity index (χ1) is 6.08. The fraction of sp³-hybridized carbons (Fsp3) is 0.600. The van der Waals surface area contributed by atoms with Crippen molar-refractivity contribution in [2.24, 2.45) is 5.41 Å². The van der Waals surface area contributed by atoms with Crippen molar-refractivity contribution < 1.29 is 0 Å². The Hall–Kier alpha value is 0.140. The van der Waals surface area contributed by atoms with Gasteiger partial charge in [0.25, 0.3) is 0 Å². The van der Waals surface area contributed by atoms with E-state index in [9.17, 15) is 0 Å². The Morgan fingerprint density at radius 2 is 2.31 bits per heavy atom. The largest absolute Gasteiger partial charge is 0.309 e. The maximum absolute atomic E-state index is 3.57. The summed E-state index contributed by atoms with van der Waals surface area (Å²) in [5.41, 5.74) is 0.536. The molecule has 0 bridgehead atoms. The molecule has 1 aromatic rings. The normalized spacial score (nSPS) is 24.7. The Balaban J connectivity index is 1.81. The third-order valence-electron chi connectivity index (χ3n) is 2.66. The van der Waals surface area contributed by atoms with Gasteiger partial charge in [-0.2, -0.15) is 0 Å². The van der Waals surface area contributed by atoms with Gasteiger partial charge in [-0.15, -0.1) is 11.3 Å². The van der Waals surface area contributed by atoms with Gasteiger partial charge in [0.1, 0.15) is 0 Å². The van der Waals surface area contributed by atoms with Crippen molar-refractivity contribution in [2.45, 2.75) is 32.9 Å². The van der Waals surface area contributed by atoms with Crippen LogP contribution in [-0.4, -0.2) is 6.04 Å². The quantitative estimate of drug-likeness (QED) is 0.878. The number of thiophene rings is 1. The third kappa shape index (κ3) is 2.33. The van der Waals surface area contributed by atoms with E-state index in [1.165, 1.54) is 15.1 Å². The van der Waals surface area contributed by atoms with E-state index in [0.29, 0.717) is 5.41 Å². The summed E-state index contributed by atoms with van der Waals surface area (Å²) in [5.74, 6) is 0. The second-order valence-corrected chi connectivity index (χ2v) is 6.88. The van der Waals surface area contributed by atoms with E-state index in [2.05, 4.69) is 47.2 Å². The van der Waals surface area contributed by atoms with E-state index in [1.54, 1.807) is 0 Å². The molecule has 1 aliphatic carbocycles. The maximum Gasteiger partial charge on any atom is 0.0701 e. The van der Waals surface area contributed by atoms with Gasteiger partial charge in [0.15, 0.2) is 0 Å². The molecule has 3 heteroatoms. The van der Waals surface area contributed by atoms with Gasteiger partial charge in [0.2, 0.25) is 0 Å². The van der Waals surface area contributed by atoms with Gasteiger partial charge in [-0.05, 0) is 39.9 Å². The van der Waals surface area contributed by atoms with E-state index in [-0.39, 0.29) is 0 Å². The number of nitrogens with one attached hydrogen (secondary N) is 1. The first-order valence-corrected chi connectivity index (χ1v) is 6.16. The molecule has 13 heavy (non-hydrogen) atoms. The minimum atomic E-state index is 0.536. The van der Waals surface area contributed by atoms with Crippen LogP contribution in [0.4, 0.5) is 0 Å². The second-order valence-electron chi connectivity index (χ2n) is 4.33. The van der Waals surface area contributed by atoms with Crippen molar-refractivity contribution in [2.75, 3.05) is 0 Å². The minimum absolute atomic E-state index is 0.536. The Labute approximate surface area is 91.7 Å². The summed E-state index contributed by atoms with van der Waals surface area (Å²) in [7, 11) is 0. The number of halogens is 1. The highest BCUT2D eigenvalue weighted by molar-refractivity contribution is 9.11. The van der Waals surface area contributed by atoms with E-state index in [4.69, 9.17) is 0 Å². The van der Waals surface area contributed by atoms with Gasteiger partial charge < -0.3 is 5.32 Å². The van der Waals surface area contributed by atoms with E-state index >= 15 is 0 Å². The number of hydrogen-bond donors (Lipinski definition) is 1. The van der Waals surface area contributed by atoms with E-state index in [1.807, 2.05) is 11.3 Å². The van der Waals surface area contributed by atoms with Crippen molar-refractivity contribution in [3.63, 3.8) is 0 Å². The van der Waals surface area contributed by atoms with Crippen LogP contribution in [-0.2, 0) is 6.54 Å². The van der Waals surface area contributed by atoms with Crippen molar-refractivity contribution in [1.29, 1.82) is 0 Å². The molecular weight excluding hydrogens is 246 g/mol. The summed E-state index contributed by atoms with van der Waals surface area (Å²) < 4.78 is 1.22. The van der Waals surface area contributed by atoms with Crippen molar-refractivity contribution in [1.82, 2.24) is 5.32 Å². The van der Waals surface area contributed by atoms with Crippen LogP contribution in [0.5, 0.6) is 0 Å². The van der Waals surface area contributed by atoms with Crippen LogP contribution in [0.25, 0.3) is 0 Å². The fourth-order valence-electron chi connectivity index (χ4n) is 1.49. The molecule has 2 rings (SSSR count).